The third-order valence-corrected chi connectivity index (χ3v) is 3.66. The number of halogens is 1. The first kappa shape index (κ1) is 14.9. The topological polar surface area (TPSA) is 96.6 Å². The maximum absolute atomic E-state index is 12.3. The molecule has 0 bridgehead atoms. The number of nitrogen functional groups attached to an aromatic ring is 1. The maximum atomic E-state index is 12.3. The zero-order valence-corrected chi connectivity index (χ0v) is 11.9. The molecule has 0 spiro atoms. The molecule has 0 unspecified atom stereocenters. The van der Waals surface area contributed by atoms with Crippen LogP contribution in [-0.4, -0.2) is 43.4 Å². The number of piperidine rings is 1. The lowest BCUT2D eigenvalue weighted by Gasteiger charge is -2.29. The summed E-state index contributed by atoms with van der Waals surface area (Å²) in [6.07, 6.45) is 0.0562. The van der Waals surface area contributed by atoms with E-state index in [2.05, 4.69) is 10.6 Å². The van der Waals surface area contributed by atoms with E-state index >= 15 is 0 Å². The summed E-state index contributed by atoms with van der Waals surface area (Å²) in [6, 6.07) is 2.69. The van der Waals surface area contributed by atoms with Crippen LogP contribution in [0.1, 0.15) is 16.8 Å². The lowest BCUT2D eigenvalue weighted by Crippen LogP contribution is -2.52. The number of β-amino-alcohol motifs (C(OH)–C–C–N with tert-alkyl or cyclic N) is 1. The second-order valence-electron chi connectivity index (χ2n) is 4.71. The van der Waals surface area contributed by atoms with Crippen LogP contribution in [0, 0.1) is 0 Å². The number of ether oxygens (including phenoxy) is 1. The molecule has 1 aliphatic rings. The smallest absolute Gasteiger partial charge is 0.255 e. The van der Waals surface area contributed by atoms with E-state index in [0.717, 1.165) is 6.54 Å². The van der Waals surface area contributed by atoms with Crippen molar-refractivity contribution in [3.63, 3.8) is 0 Å². The lowest BCUT2D eigenvalue weighted by atomic mass is 10.0. The van der Waals surface area contributed by atoms with Crippen molar-refractivity contribution < 1.29 is 14.6 Å². The first-order chi connectivity index (χ1) is 9.52. The molecule has 20 heavy (non-hydrogen) atoms. The van der Waals surface area contributed by atoms with Gasteiger partial charge in [0.2, 0.25) is 0 Å². The standard InChI is InChI=1S/C13H18ClN3O3/c1-20-12-5-9(15)8(14)4-7(12)13(19)17-10-2-3-16-6-11(10)18/h4-5,10-11,16,18H,2-3,6,15H2,1H3,(H,17,19)/t10-,11-/m1/s1. The van der Waals surface area contributed by atoms with Gasteiger partial charge in [-0.25, -0.2) is 0 Å². The van der Waals surface area contributed by atoms with E-state index in [9.17, 15) is 9.90 Å². The molecule has 1 aromatic carbocycles. The van der Waals surface area contributed by atoms with Crippen LogP contribution < -0.4 is 21.1 Å². The van der Waals surface area contributed by atoms with E-state index in [1.807, 2.05) is 0 Å². The zero-order chi connectivity index (χ0) is 14.7. The van der Waals surface area contributed by atoms with Gasteiger partial charge in [-0.05, 0) is 19.0 Å². The minimum absolute atomic E-state index is 0.287. The Morgan fingerprint density at radius 2 is 2.35 bits per heavy atom. The van der Waals surface area contributed by atoms with Gasteiger partial charge in [-0.3, -0.25) is 4.79 Å². The fourth-order valence-electron chi connectivity index (χ4n) is 2.17. The molecule has 0 aromatic heterocycles. The predicted octanol–water partition coefficient (Wildman–Crippen LogP) is 0.383. The highest BCUT2D eigenvalue weighted by atomic mass is 35.5. The highest BCUT2D eigenvalue weighted by molar-refractivity contribution is 6.33. The van der Waals surface area contributed by atoms with Crippen molar-refractivity contribution in [2.45, 2.75) is 18.6 Å². The van der Waals surface area contributed by atoms with Crippen LogP contribution >= 0.6 is 11.6 Å². The Hall–Kier alpha value is -1.50. The molecule has 6 nitrogen and oxygen atoms in total. The quantitative estimate of drug-likeness (QED) is 0.605. The van der Waals surface area contributed by atoms with Gasteiger partial charge in [0, 0.05) is 12.6 Å². The van der Waals surface area contributed by atoms with E-state index in [-0.39, 0.29) is 11.9 Å². The number of carbonyl (C=O) groups excluding carboxylic acids is 1. The third kappa shape index (κ3) is 3.15. The average Bonchev–Trinajstić information content (AvgIpc) is 2.43. The number of benzene rings is 1. The molecule has 2 atom stereocenters. The van der Waals surface area contributed by atoms with Crippen LogP contribution in [0.2, 0.25) is 5.02 Å². The molecule has 1 fully saturated rings. The Kier molecular flexibility index (Phi) is 4.69. The molecule has 0 radical (unpaired) electrons. The van der Waals surface area contributed by atoms with E-state index in [0.29, 0.717) is 35.0 Å². The number of hydrogen-bond acceptors (Lipinski definition) is 5. The number of rotatable bonds is 3. The fraction of sp³-hybridized carbons (Fsp3) is 0.462. The summed E-state index contributed by atoms with van der Waals surface area (Å²) in [6.45, 7) is 1.21. The van der Waals surface area contributed by atoms with Crippen molar-refractivity contribution >= 4 is 23.2 Å². The summed E-state index contributed by atoms with van der Waals surface area (Å²) in [7, 11) is 1.46. The average molecular weight is 300 g/mol. The largest absolute Gasteiger partial charge is 0.496 e. The van der Waals surface area contributed by atoms with Crippen molar-refractivity contribution in [3.8, 4) is 5.75 Å². The predicted molar refractivity (Wildman–Crippen MR) is 77.2 cm³/mol. The number of aliphatic hydroxyl groups is 1. The number of amides is 1. The van der Waals surface area contributed by atoms with Gasteiger partial charge in [-0.15, -0.1) is 0 Å². The summed E-state index contributed by atoms with van der Waals surface area (Å²) in [5.41, 5.74) is 6.33. The molecule has 1 saturated heterocycles. The van der Waals surface area contributed by atoms with Crippen LogP contribution in [-0.2, 0) is 0 Å². The van der Waals surface area contributed by atoms with E-state index in [1.54, 1.807) is 0 Å². The minimum atomic E-state index is -0.608. The van der Waals surface area contributed by atoms with Gasteiger partial charge in [-0.2, -0.15) is 0 Å². The van der Waals surface area contributed by atoms with E-state index in [4.69, 9.17) is 22.1 Å². The summed E-state index contributed by atoms with van der Waals surface area (Å²) in [5, 5.41) is 16.0. The molecular weight excluding hydrogens is 282 g/mol. The van der Waals surface area contributed by atoms with Crippen molar-refractivity contribution in [1.82, 2.24) is 10.6 Å². The van der Waals surface area contributed by atoms with E-state index in [1.165, 1.54) is 19.2 Å². The molecule has 110 valence electrons. The molecule has 1 aromatic rings. The number of nitrogens with one attached hydrogen (secondary N) is 2. The lowest BCUT2D eigenvalue weighted by molar-refractivity contribution is 0.0763. The Morgan fingerprint density at radius 1 is 1.60 bits per heavy atom. The van der Waals surface area contributed by atoms with Crippen LogP contribution in [0.25, 0.3) is 0 Å². The van der Waals surface area contributed by atoms with E-state index < -0.39 is 6.10 Å². The van der Waals surface area contributed by atoms with Gasteiger partial charge in [0.25, 0.3) is 5.91 Å². The summed E-state index contributed by atoms with van der Waals surface area (Å²) in [4.78, 5) is 12.3. The first-order valence-electron chi connectivity index (χ1n) is 6.35. The number of hydrogen-bond donors (Lipinski definition) is 4. The Labute approximate surface area is 122 Å². The molecule has 1 aliphatic heterocycles. The van der Waals surface area contributed by atoms with Gasteiger partial charge in [-0.1, -0.05) is 11.6 Å². The molecule has 0 saturated carbocycles. The summed E-state index contributed by atoms with van der Waals surface area (Å²) < 4.78 is 5.14. The SMILES string of the molecule is COc1cc(N)c(Cl)cc1C(=O)N[C@@H]1CCNC[C@H]1O. The molecule has 1 heterocycles. The minimum Gasteiger partial charge on any atom is -0.496 e. The molecule has 1 amide bonds. The number of anilines is 1. The molecule has 7 heteroatoms. The van der Waals surface area contributed by atoms with Crippen LogP contribution in [0.4, 0.5) is 5.69 Å². The van der Waals surface area contributed by atoms with Gasteiger partial charge >= 0.3 is 0 Å². The van der Waals surface area contributed by atoms with Crippen molar-refractivity contribution in [1.29, 1.82) is 0 Å². The van der Waals surface area contributed by atoms with Crippen molar-refractivity contribution in [2.75, 3.05) is 25.9 Å². The molecule has 0 aliphatic carbocycles. The van der Waals surface area contributed by atoms with Gasteiger partial charge < -0.3 is 26.2 Å². The zero-order valence-electron chi connectivity index (χ0n) is 11.1. The Balaban J connectivity index is 2.18. The Bertz CT molecular complexity index is 510. The second kappa shape index (κ2) is 6.30. The van der Waals surface area contributed by atoms with Crippen LogP contribution in [0.15, 0.2) is 12.1 Å². The maximum Gasteiger partial charge on any atom is 0.255 e. The number of nitrogens with two attached hydrogens (primary N) is 1. The third-order valence-electron chi connectivity index (χ3n) is 3.33. The Morgan fingerprint density at radius 3 is 3.00 bits per heavy atom. The van der Waals surface area contributed by atoms with Crippen LogP contribution in [0.5, 0.6) is 5.75 Å². The highest BCUT2D eigenvalue weighted by Crippen LogP contribution is 2.28. The fourth-order valence-corrected chi connectivity index (χ4v) is 2.34. The van der Waals surface area contributed by atoms with Crippen molar-refractivity contribution in [2.24, 2.45) is 0 Å². The van der Waals surface area contributed by atoms with Crippen molar-refractivity contribution in [3.05, 3.63) is 22.7 Å². The highest BCUT2D eigenvalue weighted by Gasteiger charge is 2.26. The first-order valence-corrected chi connectivity index (χ1v) is 6.73. The summed E-state index contributed by atoms with van der Waals surface area (Å²) >= 11 is 5.94. The summed E-state index contributed by atoms with van der Waals surface area (Å²) in [5.74, 6) is 0.0162. The molecule has 5 N–H and O–H groups in total. The van der Waals surface area contributed by atoms with Crippen LogP contribution in [0.3, 0.4) is 0 Å². The molecule has 2 rings (SSSR count). The monoisotopic (exact) mass is 299 g/mol. The number of aliphatic hydroxyl groups excluding tert-OH is 1. The van der Waals surface area contributed by atoms with Gasteiger partial charge in [0.05, 0.1) is 35.5 Å². The molecular formula is C13H18ClN3O3. The van der Waals surface area contributed by atoms with Gasteiger partial charge in [0.1, 0.15) is 5.75 Å². The normalized spacial score (nSPS) is 22.4. The number of carbonyl (C=O) groups is 1. The second-order valence-corrected chi connectivity index (χ2v) is 5.12. The number of methoxy groups -OCH3 is 1. The van der Waals surface area contributed by atoms with Gasteiger partial charge in [0.15, 0.2) is 0 Å².